The summed E-state index contributed by atoms with van der Waals surface area (Å²) in [6.07, 6.45) is 0. The smallest absolute Gasteiger partial charge is 0.477 e. The number of hydrogen-bond donors (Lipinski definition) is 3. The van der Waals surface area contributed by atoms with Gasteiger partial charge in [0.2, 0.25) is 0 Å². The Balaban J connectivity index is 0.000000292. The molecule has 0 aromatic carbocycles. The maximum atomic E-state index is 10.1. The van der Waals surface area contributed by atoms with E-state index in [-0.39, 0.29) is 7.69 Å². The summed E-state index contributed by atoms with van der Waals surface area (Å²) >= 11 is 1.23. The highest BCUT2D eigenvalue weighted by Crippen LogP contribution is 2.06. The molecule has 59 valence electrons. The van der Waals surface area contributed by atoms with Crippen molar-refractivity contribution in [3.05, 3.63) is 22.4 Å². The van der Waals surface area contributed by atoms with Gasteiger partial charge in [-0.3, -0.25) is 0 Å². The molecular formula is C5H6BO4S. The average Bonchev–Trinajstić information content (AvgIpc) is 2.38. The van der Waals surface area contributed by atoms with Crippen LogP contribution in [0.2, 0.25) is 0 Å². The lowest BCUT2D eigenvalue weighted by atomic mass is 10.5. The summed E-state index contributed by atoms with van der Waals surface area (Å²) in [6.45, 7) is 0. The van der Waals surface area contributed by atoms with Crippen molar-refractivity contribution in [2.45, 2.75) is 0 Å². The van der Waals surface area contributed by atoms with Crippen LogP contribution in [0.1, 0.15) is 9.67 Å². The minimum atomic E-state index is -0.847. The fourth-order valence-corrected chi connectivity index (χ4v) is 0.962. The number of carboxylic acid groups (broad SMARTS) is 1. The second-order valence-corrected chi connectivity index (χ2v) is 2.35. The molecule has 0 saturated carbocycles. The Morgan fingerprint density at radius 1 is 1.55 bits per heavy atom. The van der Waals surface area contributed by atoms with Gasteiger partial charge in [-0.1, -0.05) is 6.07 Å². The summed E-state index contributed by atoms with van der Waals surface area (Å²) in [4.78, 5) is 10.5. The minimum absolute atomic E-state index is 0. The van der Waals surface area contributed by atoms with E-state index in [1.54, 1.807) is 17.5 Å². The third-order valence-corrected chi connectivity index (χ3v) is 1.59. The Morgan fingerprint density at radius 3 is 2.27 bits per heavy atom. The Labute approximate surface area is 68.0 Å². The van der Waals surface area contributed by atoms with Crippen LogP contribution in [-0.4, -0.2) is 28.8 Å². The van der Waals surface area contributed by atoms with Crippen LogP contribution in [0.5, 0.6) is 0 Å². The highest BCUT2D eigenvalue weighted by molar-refractivity contribution is 7.11. The molecule has 3 N–H and O–H groups in total. The number of carboxylic acids is 1. The van der Waals surface area contributed by atoms with Gasteiger partial charge in [0.1, 0.15) is 4.88 Å². The maximum absolute atomic E-state index is 10.1. The molecule has 1 rings (SSSR count). The normalized spacial score (nSPS) is 7.82. The molecule has 0 bridgehead atoms. The first-order valence-corrected chi connectivity index (χ1v) is 3.47. The van der Waals surface area contributed by atoms with Gasteiger partial charge in [-0.2, -0.15) is 0 Å². The molecule has 1 heterocycles. The highest BCUT2D eigenvalue weighted by Gasteiger charge is 1.99. The van der Waals surface area contributed by atoms with Crippen molar-refractivity contribution in [3.8, 4) is 0 Å². The van der Waals surface area contributed by atoms with Crippen molar-refractivity contribution in [1.82, 2.24) is 0 Å². The zero-order valence-corrected chi connectivity index (χ0v) is 6.28. The first-order chi connectivity index (χ1) is 5.22. The highest BCUT2D eigenvalue weighted by atomic mass is 32.1. The first-order valence-electron chi connectivity index (χ1n) is 2.59. The summed E-state index contributed by atoms with van der Waals surface area (Å²) in [5, 5.41) is 24.0. The first kappa shape index (κ1) is 10.2. The van der Waals surface area contributed by atoms with Crippen LogP contribution in [0.25, 0.3) is 0 Å². The molecular weight excluding hydrogens is 167 g/mol. The molecule has 0 aliphatic carbocycles. The number of rotatable bonds is 1. The van der Waals surface area contributed by atoms with E-state index in [0.717, 1.165) is 0 Å². The number of thiophene rings is 1. The van der Waals surface area contributed by atoms with E-state index in [0.29, 0.717) is 4.88 Å². The summed E-state index contributed by atoms with van der Waals surface area (Å²) in [5.41, 5.74) is 0. The monoisotopic (exact) mass is 173 g/mol. The van der Waals surface area contributed by atoms with Crippen LogP contribution in [-0.2, 0) is 0 Å². The molecule has 0 saturated heterocycles. The van der Waals surface area contributed by atoms with Crippen LogP contribution in [0.15, 0.2) is 17.5 Å². The van der Waals surface area contributed by atoms with Gasteiger partial charge in [-0.25, -0.2) is 4.79 Å². The maximum Gasteiger partial charge on any atom is 0.482 e. The predicted octanol–water partition coefficient (Wildman–Crippen LogP) is -0.0485. The Bertz CT molecular complexity index is 198. The van der Waals surface area contributed by atoms with Crippen LogP contribution >= 0.6 is 11.3 Å². The SMILES string of the molecule is O=C(O)c1cccs1.O[B]O. The molecule has 0 fully saturated rings. The van der Waals surface area contributed by atoms with Crippen molar-refractivity contribution >= 4 is 25.0 Å². The third-order valence-electron chi connectivity index (χ3n) is 0.732. The summed E-state index contributed by atoms with van der Waals surface area (Å²) in [7, 11) is 0. The van der Waals surface area contributed by atoms with E-state index >= 15 is 0 Å². The van der Waals surface area contributed by atoms with Crippen LogP contribution in [0.3, 0.4) is 0 Å². The lowest BCUT2D eigenvalue weighted by Crippen LogP contribution is -1.89. The zero-order valence-electron chi connectivity index (χ0n) is 5.47. The van der Waals surface area contributed by atoms with Gasteiger partial charge in [0.15, 0.2) is 0 Å². The van der Waals surface area contributed by atoms with Gasteiger partial charge in [0, 0.05) is 0 Å². The van der Waals surface area contributed by atoms with Gasteiger partial charge < -0.3 is 15.2 Å². The summed E-state index contributed by atoms with van der Waals surface area (Å²) in [6, 6.07) is 3.29. The molecule has 6 heteroatoms. The van der Waals surface area contributed by atoms with Crippen molar-refractivity contribution < 1.29 is 19.9 Å². The fraction of sp³-hybridized carbons (Fsp3) is 0. The van der Waals surface area contributed by atoms with Crippen molar-refractivity contribution in [2.24, 2.45) is 0 Å². The third kappa shape index (κ3) is 4.54. The molecule has 0 atom stereocenters. The van der Waals surface area contributed by atoms with Crippen molar-refractivity contribution in [1.29, 1.82) is 0 Å². The Kier molecular flexibility index (Phi) is 5.45. The second kappa shape index (κ2) is 5.90. The molecule has 11 heavy (non-hydrogen) atoms. The van der Waals surface area contributed by atoms with E-state index in [4.69, 9.17) is 15.2 Å². The topological polar surface area (TPSA) is 77.8 Å². The van der Waals surface area contributed by atoms with E-state index in [1.165, 1.54) is 11.3 Å². The van der Waals surface area contributed by atoms with Crippen molar-refractivity contribution in [3.63, 3.8) is 0 Å². The number of hydrogen-bond acceptors (Lipinski definition) is 4. The van der Waals surface area contributed by atoms with E-state index in [2.05, 4.69) is 0 Å². The molecule has 1 aromatic rings. The molecule has 0 spiro atoms. The zero-order chi connectivity index (χ0) is 8.69. The molecule has 0 aliphatic heterocycles. The lowest BCUT2D eigenvalue weighted by molar-refractivity contribution is 0.0702. The molecule has 0 amide bonds. The molecule has 4 nitrogen and oxygen atoms in total. The van der Waals surface area contributed by atoms with Gasteiger partial charge in [0.25, 0.3) is 0 Å². The summed E-state index contributed by atoms with van der Waals surface area (Å²) in [5.74, 6) is -0.847. The van der Waals surface area contributed by atoms with Gasteiger partial charge in [-0.15, -0.1) is 11.3 Å². The van der Waals surface area contributed by atoms with Crippen LogP contribution in [0.4, 0.5) is 0 Å². The van der Waals surface area contributed by atoms with Gasteiger partial charge in [-0.05, 0) is 11.4 Å². The Hall–Kier alpha value is -0.845. The minimum Gasteiger partial charge on any atom is -0.477 e. The van der Waals surface area contributed by atoms with E-state index in [1.807, 2.05) is 0 Å². The largest absolute Gasteiger partial charge is 0.482 e. The fourth-order valence-electron chi connectivity index (χ4n) is 0.400. The van der Waals surface area contributed by atoms with Crippen LogP contribution in [0, 0.1) is 0 Å². The standard InChI is InChI=1S/C5H4O2S.BH2O2/c6-5(7)4-2-1-3-8-4;2-1-3/h1-3H,(H,6,7);2-3H. The van der Waals surface area contributed by atoms with E-state index in [9.17, 15) is 4.79 Å². The number of carbonyl (C=O) groups is 1. The molecule has 0 aliphatic rings. The van der Waals surface area contributed by atoms with Gasteiger partial charge >= 0.3 is 13.7 Å². The Morgan fingerprint density at radius 2 is 2.09 bits per heavy atom. The molecule has 1 aromatic heterocycles. The average molecular weight is 173 g/mol. The second-order valence-electron chi connectivity index (χ2n) is 1.40. The van der Waals surface area contributed by atoms with Crippen molar-refractivity contribution in [2.75, 3.05) is 0 Å². The summed E-state index contributed by atoms with van der Waals surface area (Å²) < 4.78 is 0. The lowest BCUT2D eigenvalue weighted by Gasteiger charge is -1.78. The quantitative estimate of drug-likeness (QED) is 0.520. The molecule has 1 radical (unpaired) electrons. The van der Waals surface area contributed by atoms with E-state index < -0.39 is 5.97 Å². The van der Waals surface area contributed by atoms with Crippen LogP contribution < -0.4 is 0 Å². The number of aromatic carboxylic acids is 1. The predicted molar refractivity (Wildman–Crippen MR) is 41.5 cm³/mol. The van der Waals surface area contributed by atoms with Gasteiger partial charge in [0.05, 0.1) is 0 Å². The molecule has 0 unspecified atom stereocenters.